The number of esters is 1. The molecule has 22 heavy (non-hydrogen) atoms. The molecule has 0 bridgehead atoms. The van der Waals surface area contributed by atoms with Crippen LogP contribution in [0, 0.1) is 0 Å². The topological polar surface area (TPSA) is 67.8 Å². The van der Waals surface area contributed by atoms with Crippen LogP contribution in [-0.4, -0.2) is 31.3 Å². The third-order valence-corrected chi connectivity index (χ3v) is 4.23. The summed E-state index contributed by atoms with van der Waals surface area (Å²) >= 11 is 0. The maximum absolute atomic E-state index is 12.1. The van der Waals surface area contributed by atoms with Crippen LogP contribution in [0.3, 0.4) is 0 Å². The third-order valence-electron chi connectivity index (χ3n) is 4.23. The summed E-state index contributed by atoms with van der Waals surface area (Å²) in [6.45, 7) is 0. The Morgan fingerprint density at radius 1 is 1.23 bits per heavy atom. The second-order valence-corrected chi connectivity index (χ2v) is 5.74. The Balaban J connectivity index is 2.18. The number of carbonyl (C=O) groups is 1. The lowest BCUT2D eigenvalue weighted by Crippen LogP contribution is -2.37. The SMILES string of the molecule is COC(=O)C(NC1CCCCCC1)c1ccc(OC)c(O)c1. The van der Waals surface area contributed by atoms with Crippen molar-refractivity contribution in [3.8, 4) is 11.5 Å². The molecule has 2 N–H and O–H groups in total. The summed E-state index contributed by atoms with van der Waals surface area (Å²) in [5.41, 5.74) is 0.689. The van der Waals surface area contributed by atoms with Crippen LogP contribution in [0.4, 0.5) is 0 Å². The highest BCUT2D eigenvalue weighted by atomic mass is 16.5. The lowest BCUT2D eigenvalue weighted by molar-refractivity contribution is -0.143. The number of hydrogen-bond acceptors (Lipinski definition) is 5. The number of nitrogens with one attached hydrogen (secondary N) is 1. The largest absolute Gasteiger partial charge is 0.504 e. The van der Waals surface area contributed by atoms with E-state index in [9.17, 15) is 9.90 Å². The van der Waals surface area contributed by atoms with Crippen LogP contribution >= 0.6 is 0 Å². The van der Waals surface area contributed by atoms with Gasteiger partial charge in [0.05, 0.1) is 14.2 Å². The third kappa shape index (κ3) is 4.13. The summed E-state index contributed by atoms with van der Waals surface area (Å²) in [5.74, 6) is 0.0761. The molecule has 5 nitrogen and oxygen atoms in total. The Labute approximate surface area is 131 Å². The van der Waals surface area contributed by atoms with E-state index in [0.29, 0.717) is 17.4 Å². The molecule has 0 spiro atoms. The van der Waals surface area contributed by atoms with Crippen LogP contribution < -0.4 is 10.1 Å². The Morgan fingerprint density at radius 2 is 1.91 bits per heavy atom. The standard InChI is InChI=1S/C17H25NO4/c1-21-15-10-9-12(11-14(15)19)16(17(20)22-2)18-13-7-5-3-4-6-8-13/h9-11,13,16,18-19H,3-8H2,1-2H3. The van der Waals surface area contributed by atoms with E-state index in [4.69, 9.17) is 9.47 Å². The van der Waals surface area contributed by atoms with Gasteiger partial charge in [-0.1, -0.05) is 31.7 Å². The molecule has 1 unspecified atom stereocenters. The Hall–Kier alpha value is -1.75. The number of benzene rings is 1. The number of ether oxygens (including phenoxy) is 2. The van der Waals surface area contributed by atoms with E-state index in [1.54, 1.807) is 18.2 Å². The summed E-state index contributed by atoms with van der Waals surface area (Å²) in [5, 5.41) is 13.3. The number of carbonyl (C=O) groups excluding carboxylic acids is 1. The van der Waals surface area contributed by atoms with Gasteiger partial charge in [-0.3, -0.25) is 5.32 Å². The van der Waals surface area contributed by atoms with Gasteiger partial charge in [-0.25, -0.2) is 4.79 Å². The van der Waals surface area contributed by atoms with Crippen LogP contribution in [0.2, 0.25) is 0 Å². The van der Waals surface area contributed by atoms with Crippen molar-refractivity contribution < 1.29 is 19.4 Å². The minimum atomic E-state index is -0.565. The van der Waals surface area contributed by atoms with Crippen molar-refractivity contribution in [3.63, 3.8) is 0 Å². The zero-order chi connectivity index (χ0) is 15.9. The molecule has 1 fully saturated rings. The lowest BCUT2D eigenvalue weighted by Gasteiger charge is -2.24. The zero-order valence-electron chi connectivity index (χ0n) is 13.3. The van der Waals surface area contributed by atoms with Gasteiger partial charge in [0.15, 0.2) is 11.5 Å². The van der Waals surface area contributed by atoms with Gasteiger partial charge in [-0.15, -0.1) is 0 Å². The predicted octanol–water partition coefficient (Wildman–Crippen LogP) is 2.93. The van der Waals surface area contributed by atoms with Gasteiger partial charge in [0.1, 0.15) is 6.04 Å². The van der Waals surface area contributed by atoms with Gasteiger partial charge in [-0.05, 0) is 30.5 Å². The van der Waals surface area contributed by atoms with Crippen molar-refractivity contribution in [1.29, 1.82) is 0 Å². The molecule has 0 aliphatic heterocycles. The van der Waals surface area contributed by atoms with Gasteiger partial charge < -0.3 is 14.6 Å². The van der Waals surface area contributed by atoms with E-state index in [0.717, 1.165) is 12.8 Å². The lowest BCUT2D eigenvalue weighted by atomic mass is 10.0. The molecule has 1 atom stereocenters. The molecule has 0 aromatic heterocycles. The average molecular weight is 307 g/mol. The van der Waals surface area contributed by atoms with Crippen molar-refractivity contribution in [2.24, 2.45) is 0 Å². The van der Waals surface area contributed by atoms with E-state index in [1.165, 1.54) is 39.9 Å². The number of phenols is 1. The summed E-state index contributed by atoms with van der Waals surface area (Å²) in [6, 6.07) is 4.74. The highest BCUT2D eigenvalue weighted by Gasteiger charge is 2.26. The van der Waals surface area contributed by atoms with Crippen molar-refractivity contribution in [1.82, 2.24) is 5.32 Å². The summed E-state index contributed by atoms with van der Waals surface area (Å²) < 4.78 is 9.97. The number of aromatic hydroxyl groups is 1. The van der Waals surface area contributed by atoms with E-state index < -0.39 is 6.04 Å². The summed E-state index contributed by atoms with van der Waals surface area (Å²) in [6.07, 6.45) is 7.00. The number of rotatable bonds is 5. The molecule has 0 heterocycles. The van der Waals surface area contributed by atoms with Gasteiger partial charge in [-0.2, -0.15) is 0 Å². The Morgan fingerprint density at radius 3 is 2.45 bits per heavy atom. The molecule has 1 aromatic carbocycles. The van der Waals surface area contributed by atoms with E-state index in [1.807, 2.05) is 0 Å². The molecule has 1 aromatic rings. The minimum absolute atomic E-state index is 0.0246. The maximum atomic E-state index is 12.1. The highest BCUT2D eigenvalue weighted by molar-refractivity contribution is 5.78. The fraction of sp³-hybridized carbons (Fsp3) is 0.588. The first-order valence-corrected chi connectivity index (χ1v) is 7.86. The van der Waals surface area contributed by atoms with Gasteiger partial charge >= 0.3 is 5.97 Å². The molecular formula is C17H25NO4. The fourth-order valence-corrected chi connectivity index (χ4v) is 2.99. The quantitative estimate of drug-likeness (QED) is 0.646. The predicted molar refractivity (Wildman–Crippen MR) is 84.0 cm³/mol. The van der Waals surface area contributed by atoms with Crippen LogP contribution in [0.5, 0.6) is 11.5 Å². The van der Waals surface area contributed by atoms with Crippen LogP contribution in [0.25, 0.3) is 0 Å². The highest BCUT2D eigenvalue weighted by Crippen LogP contribution is 2.30. The number of phenolic OH excluding ortho intramolecular Hbond substituents is 1. The minimum Gasteiger partial charge on any atom is -0.504 e. The molecule has 1 aliphatic rings. The first-order chi connectivity index (χ1) is 10.7. The van der Waals surface area contributed by atoms with Crippen LogP contribution in [-0.2, 0) is 9.53 Å². The van der Waals surface area contributed by atoms with Gasteiger partial charge in [0.2, 0.25) is 0 Å². The number of hydrogen-bond donors (Lipinski definition) is 2. The average Bonchev–Trinajstić information content (AvgIpc) is 2.80. The van der Waals surface area contributed by atoms with Crippen molar-refractivity contribution in [2.75, 3.05) is 14.2 Å². The normalized spacial score (nSPS) is 17.5. The van der Waals surface area contributed by atoms with Crippen molar-refractivity contribution in [3.05, 3.63) is 23.8 Å². The fourth-order valence-electron chi connectivity index (χ4n) is 2.99. The van der Waals surface area contributed by atoms with Gasteiger partial charge in [0.25, 0.3) is 0 Å². The van der Waals surface area contributed by atoms with E-state index in [-0.39, 0.29) is 11.7 Å². The monoisotopic (exact) mass is 307 g/mol. The molecule has 5 heteroatoms. The first kappa shape index (κ1) is 16.6. The molecule has 0 radical (unpaired) electrons. The Bertz CT molecular complexity index is 495. The molecule has 2 rings (SSSR count). The van der Waals surface area contributed by atoms with Crippen molar-refractivity contribution in [2.45, 2.75) is 50.6 Å². The molecular weight excluding hydrogens is 282 g/mol. The second-order valence-electron chi connectivity index (χ2n) is 5.74. The summed E-state index contributed by atoms with van der Waals surface area (Å²) in [4.78, 5) is 12.1. The second kappa shape index (κ2) is 8.03. The maximum Gasteiger partial charge on any atom is 0.327 e. The number of methoxy groups -OCH3 is 2. The molecule has 0 saturated heterocycles. The van der Waals surface area contributed by atoms with Gasteiger partial charge in [0, 0.05) is 6.04 Å². The first-order valence-electron chi connectivity index (χ1n) is 7.86. The van der Waals surface area contributed by atoms with E-state index >= 15 is 0 Å². The molecule has 122 valence electrons. The zero-order valence-corrected chi connectivity index (χ0v) is 13.3. The van der Waals surface area contributed by atoms with Crippen LogP contribution in [0.15, 0.2) is 18.2 Å². The van der Waals surface area contributed by atoms with E-state index in [2.05, 4.69) is 5.32 Å². The van der Waals surface area contributed by atoms with Crippen LogP contribution in [0.1, 0.15) is 50.1 Å². The Kier molecular flexibility index (Phi) is 6.07. The smallest absolute Gasteiger partial charge is 0.327 e. The molecule has 0 amide bonds. The molecule has 1 saturated carbocycles. The van der Waals surface area contributed by atoms with Crippen molar-refractivity contribution >= 4 is 5.97 Å². The summed E-state index contributed by atoms with van der Waals surface area (Å²) in [7, 11) is 2.88. The molecule has 1 aliphatic carbocycles.